The third-order valence-corrected chi connectivity index (χ3v) is 11.9. The van der Waals surface area contributed by atoms with Crippen molar-refractivity contribution in [1.82, 2.24) is 9.55 Å². The molecule has 6 heteroatoms. The summed E-state index contributed by atoms with van der Waals surface area (Å²) >= 11 is 0. The van der Waals surface area contributed by atoms with E-state index in [4.69, 9.17) is 14.1 Å². The van der Waals surface area contributed by atoms with E-state index in [0.717, 1.165) is 77.9 Å². The number of benzene rings is 7. The fourth-order valence-corrected chi connectivity index (χ4v) is 9.20. The summed E-state index contributed by atoms with van der Waals surface area (Å²) in [6, 6.07) is 55.9. The molecular formula is C54H44N4O2. The molecule has 0 atom stereocenters. The molecule has 0 fully saturated rings. The zero-order valence-corrected chi connectivity index (χ0v) is 34.4. The Hall–Kier alpha value is -7.31. The van der Waals surface area contributed by atoms with Crippen LogP contribution in [-0.4, -0.2) is 16.2 Å². The van der Waals surface area contributed by atoms with Crippen molar-refractivity contribution in [3.05, 3.63) is 181 Å². The van der Waals surface area contributed by atoms with Crippen LogP contribution in [0.4, 0.5) is 22.7 Å². The number of nitrogens with zero attached hydrogens (tertiary/aromatic N) is 4. The van der Waals surface area contributed by atoms with E-state index in [0.29, 0.717) is 6.67 Å². The van der Waals surface area contributed by atoms with Crippen molar-refractivity contribution in [1.29, 1.82) is 0 Å². The molecule has 0 radical (unpaired) electrons. The molecule has 11 rings (SSSR count). The zero-order chi connectivity index (χ0) is 40.7. The van der Waals surface area contributed by atoms with Gasteiger partial charge in [-0.3, -0.25) is 4.57 Å². The third-order valence-electron chi connectivity index (χ3n) is 11.9. The summed E-state index contributed by atoms with van der Waals surface area (Å²) < 4.78 is 15.5. The summed E-state index contributed by atoms with van der Waals surface area (Å²) in [5, 5.41) is 4.50. The number of pyridine rings is 1. The smallest absolute Gasteiger partial charge is 0.137 e. The molecule has 292 valence electrons. The van der Waals surface area contributed by atoms with Crippen LogP contribution in [0.25, 0.3) is 60.7 Å². The molecule has 0 amide bonds. The van der Waals surface area contributed by atoms with Gasteiger partial charge in [0.05, 0.1) is 22.4 Å². The largest absolute Gasteiger partial charge is 0.457 e. The quantitative estimate of drug-likeness (QED) is 0.168. The second-order valence-corrected chi connectivity index (χ2v) is 17.1. The first-order valence-corrected chi connectivity index (χ1v) is 20.6. The Bertz CT molecular complexity index is 3290. The molecule has 1 aliphatic heterocycles. The molecule has 7 aromatic carbocycles. The van der Waals surface area contributed by atoms with Crippen LogP contribution in [-0.2, 0) is 5.41 Å². The summed E-state index contributed by atoms with van der Waals surface area (Å²) in [7, 11) is 0. The number of ether oxygens (including phenoxy) is 1. The van der Waals surface area contributed by atoms with Crippen LogP contribution in [0.3, 0.4) is 0 Å². The molecule has 0 saturated heterocycles. The molecule has 0 N–H and O–H groups in total. The van der Waals surface area contributed by atoms with Gasteiger partial charge in [-0.2, -0.15) is 0 Å². The summed E-state index contributed by atoms with van der Waals surface area (Å²) in [6.45, 7) is 11.8. The Kier molecular flexibility index (Phi) is 8.14. The van der Waals surface area contributed by atoms with Crippen LogP contribution >= 0.6 is 0 Å². The minimum atomic E-state index is -0.0508. The molecule has 0 unspecified atom stereocenters. The molecule has 1 aliphatic rings. The number of fused-ring (bicyclic) bond motifs is 7. The highest BCUT2D eigenvalue weighted by atomic mass is 16.5. The van der Waals surface area contributed by atoms with Crippen LogP contribution in [0.2, 0.25) is 0 Å². The van der Waals surface area contributed by atoms with Crippen molar-refractivity contribution in [2.45, 2.75) is 40.0 Å². The maximum absolute atomic E-state index is 6.81. The average molecular weight is 781 g/mol. The Morgan fingerprint density at radius 3 is 2.03 bits per heavy atom. The maximum atomic E-state index is 6.81. The van der Waals surface area contributed by atoms with Gasteiger partial charge in [-0.05, 0) is 126 Å². The minimum Gasteiger partial charge on any atom is -0.457 e. The normalized spacial score (nSPS) is 12.9. The van der Waals surface area contributed by atoms with Crippen molar-refractivity contribution < 1.29 is 9.15 Å². The first-order valence-electron chi connectivity index (χ1n) is 20.6. The molecule has 6 nitrogen and oxygen atoms in total. The van der Waals surface area contributed by atoms with Gasteiger partial charge in [0.1, 0.15) is 35.2 Å². The summed E-state index contributed by atoms with van der Waals surface area (Å²) in [5.74, 6) is 2.38. The molecule has 3 aromatic heterocycles. The molecule has 0 bridgehead atoms. The van der Waals surface area contributed by atoms with E-state index in [2.05, 4.69) is 189 Å². The lowest BCUT2D eigenvalue weighted by atomic mass is 9.88. The fraction of sp³-hybridized carbons (Fsp3) is 0.130. The standard InChI is InChI=1S/C54H44N4O2/c1-34-27-35(2)29-38(28-34)57-33-56(45-18-7-8-19-46(45)57)37-13-10-14-39(31-37)59-40-23-24-43-48(32-40)58(51-30-36(25-26-55-51)54(3,4)5)47-20-11-16-41(52(43)47)42-17-12-22-50-53(42)44-15-6-9-21-49(44)60-50/h6-32H,33H2,1-5H3. The van der Waals surface area contributed by atoms with E-state index in [9.17, 15) is 0 Å². The van der Waals surface area contributed by atoms with Gasteiger partial charge in [0.15, 0.2) is 0 Å². The number of hydrogen-bond acceptors (Lipinski definition) is 5. The van der Waals surface area contributed by atoms with E-state index < -0.39 is 0 Å². The van der Waals surface area contributed by atoms with Gasteiger partial charge in [-0.15, -0.1) is 0 Å². The second-order valence-electron chi connectivity index (χ2n) is 17.1. The van der Waals surface area contributed by atoms with E-state index in [1.165, 1.54) is 33.8 Å². The predicted molar refractivity (Wildman–Crippen MR) is 248 cm³/mol. The molecule has 4 heterocycles. The SMILES string of the molecule is Cc1cc(C)cc(N2CN(c3cccc(Oc4ccc5c6c(-c7cccc8oc9ccccc9c78)cccc6n(-c6cc(C(C)(C)C)ccn6)c5c4)c3)c3ccccc32)c1. The van der Waals surface area contributed by atoms with Gasteiger partial charge in [0.25, 0.3) is 0 Å². The third kappa shape index (κ3) is 5.90. The highest BCUT2D eigenvalue weighted by Gasteiger charge is 2.28. The molecular weight excluding hydrogens is 737 g/mol. The lowest BCUT2D eigenvalue weighted by Gasteiger charge is -2.23. The van der Waals surface area contributed by atoms with E-state index in [-0.39, 0.29) is 5.41 Å². The number of furan rings is 1. The summed E-state index contributed by atoms with van der Waals surface area (Å²) in [5.41, 5.74) is 14.4. The van der Waals surface area contributed by atoms with Crippen LogP contribution in [0.5, 0.6) is 11.5 Å². The van der Waals surface area contributed by atoms with Gasteiger partial charge in [0, 0.05) is 51.2 Å². The molecule has 0 aliphatic carbocycles. The number of rotatable bonds is 6. The molecule has 60 heavy (non-hydrogen) atoms. The van der Waals surface area contributed by atoms with E-state index in [1.54, 1.807) is 0 Å². The molecule has 0 saturated carbocycles. The highest BCUT2D eigenvalue weighted by Crippen LogP contribution is 2.47. The van der Waals surface area contributed by atoms with Crippen molar-refractivity contribution in [3.63, 3.8) is 0 Å². The second kappa shape index (κ2) is 13.6. The predicted octanol–water partition coefficient (Wildman–Crippen LogP) is 14.7. The van der Waals surface area contributed by atoms with Gasteiger partial charge >= 0.3 is 0 Å². The van der Waals surface area contributed by atoms with E-state index in [1.807, 2.05) is 24.4 Å². The number of aromatic nitrogens is 2. The lowest BCUT2D eigenvalue weighted by Crippen LogP contribution is -2.24. The van der Waals surface area contributed by atoms with Crippen LogP contribution in [0.1, 0.15) is 37.5 Å². The Balaban J connectivity index is 1.04. The summed E-state index contributed by atoms with van der Waals surface area (Å²) in [4.78, 5) is 9.76. The van der Waals surface area contributed by atoms with Crippen LogP contribution in [0.15, 0.2) is 168 Å². The minimum absolute atomic E-state index is 0.0508. The summed E-state index contributed by atoms with van der Waals surface area (Å²) in [6.07, 6.45) is 1.93. The average Bonchev–Trinajstić information content (AvgIpc) is 3.93. The van der Waals surface area contributed by atoms with E-state index >= 15 is 0 Å². The molecule has 0 spiro atoms. The maximum Gasteiger partial charge on any atom is 0.137 e. The highest BCUT2D eigenvalue weighted by molar-refractivity contribution is 6.21. The Morgan fingerprint density at radius 2 is 1.23 bits per heavy atom. The van der Waals surface area contributed by atoms with Gasteiger partial charge in [-0.1, -0.05) is 87.5 Å². The van der Waals surface area contributed by atoms with Crippen LogP contribution < -0.4 is 14.5 Å². The number of anilines is 4. The first kappa shape index (κ1) is 35.8. The fourth-order valence-electron chi connectivity index (χ4n) is 9.20. The first-order chi connectivity index (χ1) is 29.2. The molecule has 10 aromatic rings. The number of aryl methyl sites for hydroxylation is 2. The van der Waals surface area contributed by atoms with Crippen molar-refractivity contribution in [2.24, 2.45) is 0 Å². The van der Waals surface area contributed by atoms with Gasteiger partial charge in [0.2, 0.25) is 0 Å². The Morgan fingerprint density at radius 1 is 0.550 bits per heavy atom. The Labute approximate surface area is 349 Å². The van der Waals surface area contributed by atoms with Crippen molar-refractivity contribution >= 4 is 66.5 Å². The number of hydrogen-bond donors (Lipinski definition) is 0. The zero-order valence-electron chi connectivity index (χ0n) is 34.4. The van der Waals surface area contributed by atoms with Crippen molar-refractivity contribution in [2.75, 3.05) is 16.5 Å². The number of para-hydroxylation sites is 3. The van der Waals surface area contributed by atoms with Gasteiger partial charge in [-0.25, -0.2) is 4.98 Å². The topological polar surface area (TPSA) is 46.7 Å². The van der Waals surface area contributed by atoms with Gasteiger partial charge < -0.3 is 19.0 Å². The van der Waals surface area contributed by atoms with Crippen molar-refractivity contribution in [3.8, 4) is 28.4 Å². The monoisotopic (exact) mass is 780 g/mol. The van der Waals surface area contributed by atoms with Crippen LogP contribution in [0, 0.1) is 13.8 Å². The lowest BCUT2D eigenvalue weighted by molar-refractivity contribution is 0.483.